The SMILES string of the molecule is COC(=O)NC(=S)N1CCN(C(=S)NC(=O)OC)CC1. The predicted octanol–water partition coefficient (Wildman–Crippen LogP) is -0.114. The Kier molecular flexibility index (Phi) is 6.39. The van der Waals surface area contributed by atoms with Gasteiger partial charge in [-0.1, -0.05) is 0 Å². The Morgan fingerprint density at radius 1 is 0.850 bits per heavy atom. The van der Waals surface area contributed by atoms with Crippen LogP contribution < -0.4 is 10.6 Å². The molecule has 1 aliphatic rings. The molecule has 1 aliphatic heterocycles. The number of nitrogens with one attached hydrogen (secondary N) is 2. The summed E-state index contributed by atoms with van der Waals surface area (Å²) in [6.45, 7) is 2.30. The molecule has 0 atom stereocenters. The van der Waals surface area contributed by atoms with Gasteiger partial charge in [0.15, 0.2) is 10.2 Å². The van der Waals surface area contributed by atoms with Crippen molar-refractivity contribution >= 4 is 46.8 Å². The first-order chi connectivity index (χ1) is 9.47. The van der Waals surface area contributed by atoms with Gasteiger partial charge in [-0.25, -0.2) is 9.59 Å². The van der Waals surface area contributed by atoms with Crippen LogP contribution in [0.4, 0.5) is 9.59 Å². The second kappa shape index (κ2) is 7.80. The summed E-state index contributed by atoms with van der Waals surface area (Å²) in [5.41, 5.74) is 0. The van der Waals surface area contributed by atoms with Crippen LogP contribution in [-0.4, -0.2) is 72.6 Å². The molecule has 0 bridgehead atoms. The van der Waals surface area contributed by atoms with Gasteiger partial charge in [0.2, 0.25) is 0 Å². The lowest BCUT2D eigenvalue weighted by molar-refractivity contribution is 0.171. The number of nitrogens with zero attached hydrogens (tertiary/aromatic N) is 2. The molecule has 2 amide bonds. The number of hydrogen-bond donors (Lipinski definition) is 2. The van der Waals surface area contributed by atoms with Crippen molar-refractivity contribution < 1.29 is 19.1 Å². The van der Waals surface area contributed by atoms with Crippen molar-refractivity contribution in [1.29, 1.82) is 0 Å². The quantitative estimate of drug-likeness (QED) is 0.598. The summed E-state index contributed by atoms with van der Waals surface area (Å²) in [5, 5.41) is 5.50. The lowest BCUT2D eigenvalue weighted by Crippen LogP contribution is -2.56. The largest absolute Gasteiger partial charge is 0.453 e. The Morgan fingerprint density at radius 3 is 1.40 bits per heavy atom. The first-order valence-corrected chi connectivity index (χ1v) is 6.57. The summed E-state index contributed by atoms with van der Waals surface area (Å²) in [6, 6.07) is 0. The van der Waals surface area contributed by atoms with E-state index >= 15 is 0 Å². The lowest BCUT2D eigenvalue weighted by Gasteiger charge is -2.36. The van der Waals surface area contributed by atoms with E-state index in [1.165, 1.54) is 14.2 Å². The van der Waals surface area contributed by atoms with Gasteiger partial charge >= 0.3 is 12.2 Å². The molecule has 8 nitrogen and oxygen atoms in total. The van der Waals surface area contributed by atoms with Gasteiger partial charge in [0, 0.05) is 26.2 Å². The van der Waals surface area contributed by atoms with Crippen LogP contribution in [0.1, 0.15) is 0 Å². The highest BCUT2D eigenvalue weighted by Gasteiger charge is 2.22. The number of hydrogen-bond acceptors (Lipinski definition) is 6. The number of rotatable bonds is 0. The van der Waals surface area contributed by atoms with Crippen molar-refractivity contribution in [3.8, 4) is 0 Å². The summed E-state index contributed by atoms with van der Waals surface area (Å²) < 4.78 is 8.94. The van der Waals surface area contributed by atoms with Crippen LogP contribution in [0.2, 0.25) is 0 Å². The van der Waals surface area contributed by atoms with Crippen LogP contribution in [0.3, 0.4) is 0 Å². The van der Waals surface area contributed by atoms with Crippen LogP contribution in [-0.2, 0) is 9.47 Å². The van der Waals surface area contributed by atoms with Gasteiger partial charge in [0.05, 0.1) is 14.2 Å². The smallest absolute Gasteiger partial charge is 0.413 e. The number of alkyl carbamates (subject to hydrolysis) is 2. The molecule has 2 N–H and O–H groups in total. The first kappa shape index (κ1) is 16.4. The van der Waals surface area contributed by atoms with E-state index in [9.17, 15) is 9.59 Å². The van der Waals surface area contributed by atoms with Crippen molar-refractivity contribution in [2.45, 2.75) is 0 Å². The Labute approximate surface area is 127 Å². The van der Waals surface area contributed by atoms with E-state index in [0.29, 0.717) is 36.4 Å². The fourth-order valence-corrected chi connectivity index (χ4v) is 2.08. The Bertz CT molecular complexity index is 372. The van der Waals surface area contributed by atoms with E-state index in [-0.39, 0.29) is 0 Å². The first-order valence-electron chi connectivity index (χ1n) is 5.75. The van der Waals surface area contributed by atoms with Crippen LogP contribution in [0.15, 0.2) is 0 Å². The standard InChI is InChI=1S/C10H16N4O4S2/c1-17-9(15)11-7(19)13-3-5-14(6-4-13)8(20)12-10(16)18-2/h3-6H2,1-2H3,(H,11,15,19)(H,12,16,20). The maximum absolute atomic E-state index is 11.1. The molecule has 1 saturated heterocycles. The van der Waals surface area contributed by atoms with Gasteiger partial charge in [-0.3, -0.25) is 10.6 Å². The minimum atomic E-state index is -0.597. The molecule has 0 aromatic rings. The highest BCUT2D eigenvalue weighted by atomic mass is 32.1. The van der Waals surface area contributed by atoms with E-state index in [1.54, 1.807) is 0 Å². The molecule has 1 rings (SSSR count). The third-order valence-corrected chi connectivity index (χ3v) is 3.36. The number of carbonyl (C=O) groups excluding carboxylic acids is 2. The van der Waals surface area contributed by atoms with E-state index in [1.807, 2.05) is 9.80 Å². The predicted molar refractivity (Wildman–Crippen MR) is 79.4 cm³/mol. The lowest BCUT2D eigenvalue weighted by atomic mass is 10.3. The van der Waals surface area contributed by atoms with Crippen LogP contribution in [0.5, 0.6) is 0 Å². The zero-order valence-corrected chi connectivity index (χ0v) is 12.8. The summed E-state index contributed by atoms with van der Waals surface area (Å²) in [6.07, 6.45) is -1.19. The third kappa shape index (κ3) is 4.78. The van der Waals surface area contributed by atoms with E-state index in [4.69, 9.17) is 24.4 Å². The van der Waals surface area contributed by atoms with Gasteiger partial charge in [-0.2, -0.15) is 0 Å². The molecule has 10 heteroatoms. The minimum Gasteiger partial charge on any atom is -0.453 e. The highest BCUT2D eigenvalue weighted by molar-refractivity contribution is 7.80. The van der Waals surface area contributed by atoms with Crippen LogP contribution in [0, 0.1) is 0 Å². The van der Waals surface area contributed by atoms with Gasteiger partial charge in [0.25, 0.3) is 0 Å². The molecule has 20 heavy (non-hydrogen) atoms. The maximum Gasteiger partial charge on any atom is 0.413 e. The van der Waals surface area contributed by atoms with Crippen molar-refractivity contribution in [3.05, 3.63) is 0 Å². The van der Waals surface area contributed by atoms with Crippen molar-refractivity contribution in [1.82, 2.24) is 20.4 Å². The van der Waals surface area contributed by atoms with Crippen molar-refractivity contribution in [2.75, 3.05) is 40.4 Å². The van der Waals surface area contributed by atoms with E-state index < -0.39 is 12.2 Å². The van der Waals surface area contributed by atoms with Gasteiger partial charge in [-0.15, -0.1) is 0 Å². The molecule has 112 valence electrons. The molecule has 0 aromatic carbocycles. The number of piperazine rings is 1. The maximum atomic E-state index is 11.1. The second-order valence-corrected chi connectivity index (χ2v) is 4.59. The monoisotopic (exact) mass is 320 g/mol. The summed E-state index contributed by atoms with van der Waals surface area (Å²) in [4.78, 5) is 25.7. The third-order valence-electron chi connectivity index (χ3n) is 2.64. The average molecular weight is 320 g/mol. The number of ether oxygens (including phenoxy) is 2. The van der Waals surface area contributed by atoms with Gasteiger partial charge in [0.1, 0.15) is 0 Å². The zero-order valence-electron chi connectivity index (χ0n) is 11.2. The number of carbonyl (C=O) groups is 2. The molecule has 0 aromatic heterocycles. The second-order valence-electron chi connectivity index (χ2n) is 3.82. The highest BCUT2D eigenvalue weighted by Crippen LogP contribution is 2.03. The fraction of sp³-hybridized carbons (Fsp3) is 0.600. The molecule has 0 unspecified atom stereocenters. The molecule has 1 fully saturated rings. The van der Waals surface area contributed by atoms with E-state index in [0.717, 1.165) is 0 Å². The van der Waals surface area contributed by atoms with Crippen LogP contribution in [0.25, 0.3) is 0 Å². The van der Waals surface area contributed by atoms with Gasteiger partial charge < -0.3 is 19.3 Å². The van der Waals surface area contributed by atoms with E-state index in [2.05, 4.69) is 20.1 Å². The number of amides is 2. The average Bonchev–Trinajstić information content (AvgIpc) is 2.46. The van der Waals surface area contributed by atoms with Gasteiger partial charge in [-0.05, 0) is 24.4 Å². The Hall–Kier alpha value is -1.68. The topological polar surface area (TPSA) is 83.1 Å². The number of methoxy groups -OCH3 is 2. The molecule has 0 aliphatic carbocycles. The summed E-state index contributed by atoms with van der Waals surface area (Å²) >= 11 is 10.2. The molecule has 0 radical (unpaired) electrons. The van der Waals surface area contributed by atoms with Crippen molar-refractivity contribution in [3.63, 3.8) is 0 Å². The Balaban J connectivity index is 2.39. The van der Waals surface area contributed by atoms with Crippen LogP contribution >= 0.6 is 24.4 Å². The Morgan fingerprint density at radius 2 is 1.15 bits per heavy atom. The molecule has 0 spiro atoms. The summed E-state index contributed by atoms with van der Waals surface area (Å²) in [7, 11) is 2.54. The molecule has 1 heterocycles. The number of thiocarbonyl (C=S) groups is 2. The normalized spacial score (nSPS) is 14.3. The fourth-order valence-electron chi connectivity index (χ4n) is 1.55. The van der Waals surface area contributed by atoms with Crippen molar-refractivity contribution in [2.24, 2.45) is 0 Å². The molecular formula is C10H16N4O4S2. The molecular weight excluding hydrogens is 304 g/mol. The summed E-state index contributed by atoms with van der Waals surface area (Å²) in [5.74, 6) is 0. The zero-order chi connectivity index (χ0) is 15.1. The molecule has 0 saturated carbocycles. The minimum absolute atomic E-state index is 0.309.